The predicted molar refractivity (Wildman–Crippen MR) is 84.5 cm³/mol. The molecule has 0 fully saturated rings. The summed E-state index contributed by atoms with van der Waals surface area (Å²) in [6, 6.07) is 8.43. The van der Waals surface area contributed by atoms with Crippen LogP contribution < -0.4 is 10.1 Å². The van der Waals surface area contributed by atoms with Crippen LogP contribution in [-0.4, -0.2) is 23.6 Å². The molecule has 0 aliphatic heterocycles. The van der Waals surface area contributed by atoms with Gasteiger partial charge in [0.05, 0.1) is 7.11 Å². The van der Waals surface area contributed by atoms with Crippen molar-refractivity contribution in [3.05, 3.63) is 53.5 Å². The number of aromatic nitrogens is 2. The highest BCUT2D eigenvalue weighted by Crippen LogP contribution is 2.19. The van der Waals surface area contributed by atoms with Crippen LogP contribution >= 0.6 is 0 Å². The standard InChI is InChI=1S/C17H23N3O/c1-4-9-18-16(15-7-5-13(2)19-12-15)10-14-6-8-17(21-3)20-11-14/h5-8,11-12,16,18H,4,9-10H2,1-3H3. The van der Waals surface area contributed by atoms with Crippen molar-refractivity contribution in [2.24, 2.45) is 0 Å². The molecule has 2 heterocycles. The van der Waals surface area contributed by atoms with Crippen LogP contribution in [0.25, 0.3) is 0 Å². The quantitative estimate of drug-likeness (QED) is 0.849. The van der Waals surface area contributed by atoms with Gasteiger partial charge in [0.15, 0.2) is 0 Å². The Morgan fingerprint density at radius 1 is 1.14 bits per heavy atom. The van der Waals surface area contributed by atoms with Crippen molar-refractivity contribution in [3.63, 3.8) is 0 Å². The molecule has 1 unspecified atom stereocenters. The van der Waals surface area contributed by atoms with Gasteiger partial charge in [-0.05, 0) is 43.5 Å². The Kier molecular flexibility index (Phi) is 5.69. The van der Waals surface area contributed by atoms with Crippen LogP contribution in [0.2, 0.25) is 0 Å². The molecule has 2 aromatic rings. The molecule has 0 spiro atoms. The maximum atomic E-state index is 5.10. The number of hydrogen-bond acceptors (Lipinski definition) is 4. The zero-order chi connectivity index (χ0) is 15.1. The summed E-state index contributed by atoms with van der Waals surface area (Å²) in [5.41, 5.74) is 3.44. The van der Waals surface area contributed by atoms with E-state index in [1.807, 2.05) is 25.4 Å². The van der Waals surface area contributed by atoms with E-state index in [-0.39, 0.29) is 6.04 Å². The molecule has 4 heteroatoms. The molecule has 21 heavy (non-hydrogen) atoms. The Balaban J connectivity index is 2.13. The van der Waals surface area contributed by atoms with E-state index < -0.39 is 0 Å². The summed E-state index contributed by atoms with van der Waals surface area (Å²) in [5.74, 6) is 0.647. The number of methoxy groups -OCH3 is 1. The van der Waals surface area contributed by atoms with E-state index in [0.29, 0.717) is 5.88 Å². The first kappa shape index (κ1) is 15.4. The highest BCUT2D eigenvalue weighted by molar-refractivity contribution is 5.23. The van der Waals surface area contributed by atoms with Gasteiger partial charge < -0.3 is 10.1 Å². The van der Waals surface area contributed by atoms with Gasteiger partial charge in [-0.3, -0.25) is 4.98 Å². The largest absolute Gasteiger partial charge is 0.481 e. The van der Waals surface area contributed by atoms with Crippen molar-refractivity contribution in [2.45, 2.75) is 32.7 Å². The van der Waals surface area contributed by atoms with Crippen LogP contribution in [0.1, 0.15) is 36.2 Å². The van der Waals surface area contributed by atoms with Crippen LogP contribution in [0, 0.1) is 6.92 Å². The van der Waals surface area contributed by atoms with E-state index in [4.69, 9.17) is 4.74 Å². The third kappa shape index (κ3) is 4.53. The summed E-state index contributed by atoms with van der Waals surface area (Å²) < 4.78 is 5.10. The number of aryl methyl sites for hydroxylation is 1. The fraction of sp³-hybridized carbons (Fsp3) is 0.412. The fourth-order valence-corrected chi connectivity index (χ4v) is 2.20. The van der Waals surface area contributed by atoms with E-state index in [0.717, 1.165) is 25.1 Å². The van der Waals surface area contributed by atoms with Crippen molar-refractivity contribution in [1.29, 1.82) is 0 Å². The smallest absolute Gasteiger partial charge is 0.212 e. The van der Waals surface area contributed by atoms with Gasteiger partial charge in [-0.2, -0.15) is 0 Å². The Morgan fingerprint density at radius 2 is 2.00 bits per heavy atom. The maximum Gasteiger partial charge on any atom is 0.212 e. The first-order valence-corrected chi connectivity index (χ1v) is 7.37. The van der Waals surface area contributed by atoms with E-state index in [1.54, 1.807) is 7.11 Å². The van der Waals surface area contributed by atoms with Crippen molar-refractivity contribution in [3.8, 4) is 5.88 Å². The molecule has 2 rings (SSSR count). The minimum absolute atomic E-state index is 0.258. The molecule has 0 saturated carbocycles. The number of nitrogens with one attached hydrogen (secondary N) is 1. The van der Waals surface area contributed by atoms with Gasteiger partial charge in [0.2, 0.25) is 5.88 Å². The van der Waals surface area contributed by atoms with Gasteiger partial charge >= 0.3 is 0 Å². The topological polar surface area (TPSA) is 47.0 Å². The number of ether oxygens (including phenoxy) is 1. The molecule has 0 aromatic carbocycles. The minimum Gasteiger partial charge on any atom is -0.481 e. The average Bonchev–Trinajstić information content (AvgIpc) is 2.53. The second-order valence-electron chi connectivity index (χ2n) is 5.15. The Bertz CT molecular complexity index is 537. The molecule has 0 saturated heterocycles. The van der Waals surface area contributed by atoms with Gasteiger partial charge in [-0.25, -0.2) is 4.98 Å². The molecule has 0 aliphatic rings. The molecular weight excluding hydrogens is 262 g/mol. The normalized spacial score (nSPS) is 12.1. The fourth-order valence-electron chi connectivity index (χ4n) is 2.20. The first-order chi connectivity index (χ1) is 10.2. The number of pyridine rings is 2. The summed E-state index contributed by atoms with van der Waals surface area (Å²) in [5, 5.41) is 3.58. The molecule has 0 radical (unpaired) electrons. The van der Waals surface area contributed by atoms with Crippen molar-refractivity contribution >= 4 is 0 Å². The zero-order valence-electron chi connectivity index (χ0n) is 13.0. The lowest BCUT2D eigenvalue weighted by atomic mass is 10.0. The third-order valence-electron chi connectivity index (χ3n) is 3.42. The van der Waals surface area contributed by atoms with E-state index >= 15 is 0 Å². The monoisotopic (exact) mass is 285 g/mol. The predicted octanol–water partition coefficient (Wildman–Crippen LogP) is 3.08. The zero-order valence-corrected chi connectivity index (χ0v) is 13.0. The summed E-state index contributed by atoms with van der Waals surface area (Å²) in [4.78, 5) is 8.67. The van der Waals surface area contributed by atoms with Crippen molar-refractivity contribution in [1.82, 2.24) is 15.3 Å². The Labute approximate surface area is 126 Å². The lowest BCUT2D eigenvalue weighted by Crippen LogP contribution is -2.24. The maximum absolute atomic E-state index is 5.10. The Hall–Kier alpha value is -1.94. The third-order valence-corrected chi connectivity index (χ3v) is 3.42. The second kappa shape index (κ2) is 7.74. The summed E-state index contributed by atoms with van der Waals surface area (Å²) in [6.07, 6.45) is 5.83. The lowest BCUT2D eigenvalue weighted by Gasteiger charge is -2.19. The highest BCUT2D eigenvalue weighted by Gasteiger charge is 2.12. The van der Waals surface area contributed by atoms with Gasteiger partial charge in [0, 0.05) is 30.2 Å². The van der Waals surface area contributed by atoms with E-state index in [9.17, 15) is 0 Å². The lowest BCUT2D eigenvalue weighted by molar-refractivity contribution is 0.397. The summed E-state index contributed by atoms with van der Waals surface area (Å²) >= 11 is 0. The highest BCUT2D eigenvalue weighted by atomic mass is 16.5. The van der Waals surface area contributed by atoms with Gasteiger partial charge in [0.25, 0.3) is 0 Å². The molecule has 0 amide bonds. The first-order valence-electron chi connectivity index (χ1n) is 7.37. The molecule has 0 aliphatic carbocycles. The van der Waals surface area contributed by atoms with Crippen LogP contribution in [0.3, 0.4) is 0 Å². The number of nitrogens with zero attached hydrogens (tertiary/aromatic N) is 2. The van der Waals surface area contributed by atoms with Gasteiger partial charge in [-0.15, -0.1) is 0 Å². The van der Waals surface area contributed by atoms with Gasteiger partial charge in [-0.1, -0.05) is 19.1 Å². The van der Waals surface area contributed by atoms with Crippen LogP contribution in [-0.2, 0) is 6.42 Å². The van der Waals surface area contributed by atoms with E-state index in [2.05, 4.69) is 40.4 Å². The SMILES string of the molecule is CCCNC(Cc1ccc(OC)nc1)c1ccc(C)nc1. The molecule has 0 bridgehead atoms. The summed E-state index contributed by atoms with van der Waals surface area (Å²) in [6.45, 7) is 5.17. The number of hydrogen-bond donors (Lipinski definition) is 1. The average molecular weight is 285 g/mol. The van der Waals surface area contributed by atoms with Crippen LogP contribution in [0.15, 0.2) is 36.7 Å². The van der Waals surface area contributed by atoms with E-state index in [1.165, 1.54) is 11.1 Å². The molecular formula is C17H23N3O. The van der Waals surface area contributed by atoms with Crippen LogP contribution in [0.5, 0.6) is 5.88 Å². The molecule has 2 aromatic heterocycles. The minimum atomic E-state index is 0.258. The molecule has 112 valence electrons. The van der Waals surface area contributed by atoms with Gasteiger partial charge in [0.1, 0.15) is 0 Å². The summed E-state index contributed by atoms with van der Waals surface area (Å²) in [7, 11) is 1.63. The van der Waals surface area contributed by atoms with Crippen molar-refractivity contribution in [2.75, 3.05) is 13.7 Å². The molecule has 1 atom stereocenters. The number of rotatable bonds is 7. The van der Waals surface area contributed by atoms with Crippen molar-refractivity contribution < 1.29 is 4.74 Å². The Morgan fingerprint density at radius 3 is 2.57 bits per heavy atom. The second-order valence-corrected chi connectivity index (χ2v) is 5.15. The molecule has 4 nitrogen and oxygen atoms in total. The van der Waals surface area contributed by atoms with Crippen LogP contribution in [0.4, 0.5) is 0 Å². The molecule has 1 N–H and O–H groups in total.